The van der Waals surface area contributed by atoms with Crippen LogP contribution in [0.5, 0.6) is 11.5 Å². The summed E-state index contributed by atoms with van der Waals surface area (Å²) in [4.78, 5) is 25.6. The van der Waals surface area contributed by atoms with Gasteiger partial charge in [0.1, 0.15) is 48.8 Å². The average molecular weight is 703 g/mol. The first kappa shape index (κ1) is 38.4. The molecule has 12 atom stereocenters. The third-order valence-electron chi connectivity index (χ3n) is 8.41. The molecule has 0 aromatic heterocycles. The molecule has 18 heteroatoms. The fourth-order valence-corrected chi connectivity index (χ4v) is 5.64. The van der Waals surface area contributed by atoms with Crippen molar-refractivity contribution in [2.24, 2.45) is 5.92 Å². The number of benzene rings is 1. The molecule has 274 valence electrons. The summed E-state index contributed by atoms with van der Waals surface area (Å²) in [5, 5.41) is 91.2. The van der Waals surface area contributed by atoms with Crippen LogP contribution < -0.4 is 0 Å². The van der Waals surface area contributed by atoms with E-state index in [-0.39, 0.29) is 42.1 Å². The summed E-state index contributed by atoms with van der Waals surface area (Å²) in [6, 6.07) is 4.16. The van der Waals surface area contributed by atoms with Crippen LogP contribution in [-0.2, 0) is 49.2 Å². The Morgan fingerprint density at radius 2 is 1.51 bits per heavy atom. The van der Waals surface area contributed by atoms with Gasteiger partial charge in [0, 0.05) is 17.9 Å². The molecule has 1 aromatic rings. The standard InChI is InChI=1S/C31H42O18/c1-3-14-15(9-21(36)44-7-6-13-4-5-17(34)18(35)8-13)16(28(42)43-2)12-45-29(14)49-31-26(41)27(23(38)20(11-33)47-31)48-30-25(40)24(39)22(37)19(10-32)46-30/h3-5,8,12,15,19-20,22-27,29-35,37-41H,6-7,9-11H2,1-2H3/b14-3+/t15-,19+,20+,22+,23+,24-,25+,26+,27-,29-,30-,31-/m0/s1. The van der Waals surface area contributed by atoms with Crippen molar-refractivity contribution >= 4 is 11.9 Å². The molecule has 18 nitrogen and oxygen atoms in total. The van der Waals surface area contributed by atoms with Gasteiger partial charge < -0.3 is 79.1 Å². The second kappa shape index (κ2) is 17.0. The molecule has 2 saturated heterocycles. The molecule has 3 aliphatic rings. The molecule has 1 aromatic carbocycles. The molecule has 49 heavy (non-hydrogen) atoms. The van der Waals surface area contributed by atoms with E-state index in [0.29, 0.717) is 5.56 Å². The zero-order valence-corrected chi connectivity index (χ0v) is 26.5. The molecule has 0 spiro atoms. The van der Waals surface area contributed by atoms with E-state index in [0.717, 1.165) is 13.4 Å². The smallest absolute Gasteiger partial charge is 0.337 e. The number of phenolic OH excluding ortho intramolecular Hbond substituents is 2. The molecule has 3 aliphatic heterocycles. The molecule has 0 bridgehead atoms. The summed E-state index contributed by atoms with van der Waals surface area (Å²) in [5.41, 5.74) is 0.726. The van der Waals surface area contributed by atoms with Crippen LogP contribution in [0.4, 0.5) is 0 Å². The maximum absolute atomic E-state index is 12.9. The maximum Gasteiger partial charge on any atom is 0.337 e. The Morgan fingerprint density at radius 3 is 2.12 bits per heavy atom. The number of hydrogen-bond acceptors (Lipinski definition) is 18. The summed E-state index contributed by atoms with van der Waals surface area (Å²) in [5.74, 6) is -3.19. The molecule has 0 unspecified atom stereocenters. The van der Waals surface area contributed by atoms with Gasteiger partial charge in [-0.3, -0.25) is 4.79 Å². The molecular formula is C31H42O18. The van der Waals surface area contributed by atoms with Gasteiger partial charge in [0.2, 0.25) is 6.29 Å². The van der Waals surface area contributed by atoms with Gasteiger partial charge in [0.15, 0.2) is 24.1 Å². The van der Waals surface area contributed by atoms with Crippen LogP contribution in [0, 0.1) is 5.92 Å². The highest BCUT2D eigenvalue weighted by Crippen LogP contribution is 2.37. The van der Waals surface area contributed by atoms with E-state index in [4.69, 9.17) is 33.2 Å². The van der Waals surface area contributed by atoms with Crippen molar-refractivity contribution in [3.8, 4) is 11.5 Å². The fourth-order valence-electron chi connectivity index (χ4n) is 5.64. The Labute approximate surface area is 279 Å². The molecule has 4 rings (SSSR count). The van der Waals surface area contributed by atoms with Crippen molar-refractivity contribution in [2.45, 2.75) is 87.5 Å². The number of aliphatic hydroxyl groups excluding tert-OH is 7. The van der Waals surface area contributed by atoms with Gasteiger partial charge in [-0.1, -0.05) is 12.1 Å². The van der Waals surface area contributed by atoms with E-state index < -0.39 is 98.8 Å². The Hall–Kier alpha value is -3.40. The van der Waals surface area contributed by atoms with Crippen molar-refractivity contribution in [1.29, 1.82) is 0 Å². The summed E-state index contributed by atoms with van der Waals surface area (Å²) in [7, 11) is 1.13. The van der Waals surface area contributed by atoms with Crippen LogP contribution in [0.2, 0.25) is 0 Å². The minimum atomic E-state index is -1.88. The van der Waals surface area contributed by atoms with Crippen LogP contribution in [0.15, 0.2) is 41.7 Å². The number of ether oxygens (including phenoxy) is 7. The van der Waals surface area contributed by atoms with E-state index in [1.807, 2.05) is 0 Å². The van der Waals surface area contributed by atoms with Crippen molar-refractivity contribution in [3.05, 3.63) is 47.2 Å². The van der Waals surface area contributed by atoms with Gasteiger partial charge in [-0.15, -0.1) is 0 Å². The highest BCUT2D eigenvalue weighted by Gasteiger charge is 2.52. The van der Waals surface area contributed by atoms with E-state index in [9.17, 15) is 55.5 Å². The van der Waals surface area contributed by atoms with Crippen LogP contribution in [-0.4, -0.2) is 153 Å². The third-order valence-corrected chi connectivity index (χ3v) is 8.41. The molecule has 0 radical (unpaired) electrons. The Morgan fingerprint density at radius 1 is 0.857 bits per heavy atom. The number of allylic oxidation sites excluding steroid dienone is 1. The lowest BCUT2D eigenvalue weighted by Gasteiger charge is -2.46. The first-order valence-electron chi connectivity index (χ1n) is 15.3. The molecule has 2 fully saturated rings. The first-order valence-corrected chi connectivity index (χ1v) is 15.3. The van der Waals surface area contributed by atoms with Crippen molar-refractivity contribution in [3.63, 3.8) is 0 Å². The Kier molecular flexibility index (Phi) is 13.3. The van der Waals surface area contributed by atoms with Crippen LogP contribution in [0.1, 0.15) is 18.9 Å². The third kappa shape index (κ3) is 8.67. The second-order valence-corrected chi connectivity index (χ2v) is 11.5. The zero-order chi connectivity index (χ0) is 36.0. The van der Waals surface area contributed by atoms with Crippen molar-refractivity contribution < 1.29 is 88.7 Å². The number of aliphatic hydroxyl groups is 7. The first-order chi connectivity index (χ1) is 23.3. The molecule has 3 heterocycles. The lowest BCUT2D eigenvalue weighted by atomic mass is 9.86. The highest BCUT2D eigenvalue weighted by molar-refractivity contribution is 5.90. The quantitative estimate of drug-likeness (QED) is 0.0604. The maximum atomic E-state index is 12.9. The predicted molar refractivity (Wildman–Crippen MR) is 159 cm³/mol. The lowest BCUT2D eigenvalue weighted by molar-refractivity contribution is -0.369. The number of rotatable bonds is 12. The number of esters is 2. The van der Waals surface area contributed by atoms with Gasteiger partial charge in [0.05, 0.1) is 45.2 Å². The average Bonchev–Trinajstić information content (AvgIpc) is 3.09. The number of aromatic hydroxyl groups is 2. The number of carbonyl (C=O) groups excluding carboxylic acids is 2. The van der Waals surface area contributed by atoms with Gasteiger partial charge >= 0.3 is 11.9 Å². The van der Waals surface area contributed by atoms with E-state index in [1.165, 1.54) is 18.2 Å². The van der Waals surface area contributed by atoms with Crippen molar-refractivity contribution in [2.75, 3.05) is 26.9 Å². The van der Waals surface area contributed by atoms with Crippen LogP contribution >= 0.6 is 0 Å². The minimum absolute atomic E-state index is 0.0616. The van der Waals surface area contributed by atoms with E-state index >= 15 is 0 Å². The normalized spacial score (nSPS) is 35.7. The largest absolute Gasteiger partial charge is 0.504 e. The number of phenols is 2. The second-order valence-electron chi connectivity index (χ2n) is 11.5. The van der Waals surface area contributed by atoms with Gasteiger partial charge in [-0.2, -0.15) is 0 Å². The highest BCUT2D eigenvalue weighted by atomic mass is 16.8. The molecule has 0 aliphatic carbocycles. The van der Waals surface area contributed by atoms with Gasteiger partial charge in [-0.25, -0.2) is 4.79 Å². The minimum Gasteiger partial charge on any atom is -0.504 e. The SMILES string of the molecule is C/C=C1/[C@H](O[C@@H]2O[C@H](CO)[C@@H](O)[C@H](O[C@@H]3O[C@H](CO)[C@@H](O)[C@H](O)[C@H]3O)[C@H]2O)OC=C(C(=O)OC)[C@H]1CC(=O)OCCc1ccc(O)c(O)c1. The van der Waals surface area contributed by atoms with Crippen LogP contribution in [0.3, 0.4) is 0 Å². The summed E-state index contributed by atoms with van der Waals surface area (Å²) in [6.07, 6.45) is -16.1. The molecule has 0 amide bonds. The molecular weight excluding hydrogens is 660 g/mol. The Balaban J connectivity index is 1.48. The van der Waals surface area contributed by atoms with E-state index in [2.05, 4.69) is 0 Å². The summed E-state index contributed by atoms with van der Waals surface area (Å²) >= 11 is 0. The zero-order valence-electron chi connectivity index (χ0n) is 26.5. The van der Waals surface area contributed by atoms with Gasteiger partial charge in [-0.05, 0) is 24.6 Å². The molecule has 9 N–H and O–H groups in total. The van der Waals surface area contributed by atoms with Crippen LogP contribution in [0.25, 0.3) is 0 Å². The molecule has 0 saturated carbocycles. The lowest BCUT2D eigenvalue weighted by Crippen LogP contribution is -2.65. The van der Waals surface area contributed by atoms with E-state index in [1.54, 1.807) is 13.0 Å². The fraction of sp³-hybridized carbons (Fsp3) is 0.613. The number of methoxy groups -OCH3 is 1. The summed E-state index contributed by atoms with van der Waals surface area (Å²) < 4.78 is 38.2. The topological polar surface area (TPSA) is 281 Å². The van der Waals surface area contributed by atoms with Gasteiger partial charge in [0.25, 0.3) is 0 Å². The monoisotopic (exact) mass is 702 g/mol. The summed E-state index contributed by atoms with van der Waals surface area (Å²) in [6.45, 7) is -0.0979. The Bertz CT molecular complexity index is 1350. The van der Waals surface area contributed by atoms with Crippen molar-refractivity contribution in [1.82, 2.24) is 0 Å². The number of hydrogen-bond donors (Lipinski definition) is 9. The number of carbonyl (C=O) groups is 2. The predicted octanol–water partition coefficient (Wildman–Crippen LogP) is -2.81.